The van der Waals surface area contributed by atoms with E-state index < -0.39 is 30.8 Å². The molecule has 0 amide bonds. The van der Waals surface area contributed by atoms with Crippen LogP contribution in [-0.4, -0.2) is 43.0 Å². The normalized spacial score (nSPS) is 14.5. The van der Waals surface area contributed by atoms with Crippen LogP contribution in [0.25, 0.3) is 0 Å². The number of aryl methyl sites for hydroxylation is 1. The molecule has 1 rings (SSSR count). The van der Waals surface area contributed by atoms with Crippen LogP contribution in [0.4, 0.5) is 5.69 Å². The average molecular weight is 469 g/mol. The van der Waals surface area contributed by atoms with Gasteiger partial charge in [0.15, 0.2) is 5.40 Å². The first-order valence-corrected chi connectivity index (χ1v) is 12.9. The molecule has 0 bridgehead atoms. The summed E-state index contributed by atoms with van der Waals surface area (Å²) < 4.78 is 47.5. The highest BCUT2D eigenvalue weighted by Gasteiger charge is 2.53. The molecule has 1 aromatic carbocycles. The van der Waals surface area contributed by atoms with Gasteiger partial charge in [0.2, 0.25) is 0 Å². The molecule has 166 valence electrons. The molecule has 0 radical (unpaired) electrons. The Hall–Kier alpha value is -0.730. The van der Waals surface area contributed by atoms with Gasteiger partial charge >= 0.3 is 15.2 Å². The van der Waals surface area contributed by atoms with Crippen LogP contribution < -0.4 is 0 Å². The third-order valence-corrected chi connectivity index (χ3v) is 11.2. The Labute approximate surface area is 177 Å². The van der Waals surface area contributed by atoms with E-state index in [-0.39, 0.29) is 18.9 Å². The number of nitro benzene ring substituents is 1. The van der Waals surface area contributed by atoms with Gasteiger partial charge in [-0.3, -0.25) is 19.2 Å². The molecule has 29 heavy (non-hydrogen) atoms. The van der Waals surface area contributed by atoms with Gasteiger partial charge in [-0.15, -0.1) is 0 Å². The van der Waals surface area contributed by atoms with Crippen LogP contribution in [0.3, 0.4) is 0 Å². The van der Waals surface area contributed by atoms with Gasteiger partial charge in [0.05, 0.1) is 18.1 Å². The molecule has 2 atom stereocenters. The van der Waals surface area contributed by atoms with Crippen LogP contribution in [0, 0.1) is 10.1 Å². The molecule has 0 spiro atoms. The van der Waals surface area contributed by atoms with Gasteiger partial charge < -0.3 is 18.1 Å². The largest absolute Gasteiger partial charge is 0.346 e. The smallest absolute Gasteiger partial charge is 0.311 e. The predicted molar refractivity (Wildman–Crippen MR) is 115 cm³/mol. The van der Waals surface area contributed by atoms with Crippen LogP contribution in [0.15, 0.2) is 24.3 Å². The monoisotopic (exact) mass is 469 g/mol. The number of non-ortho nitro benzene ring substituents is 1. The number of nitrogens with zero attached hydrogens (tertiary/aromatic N) is 1. The molecule has 1 aromatic rings. The Kier molecular flexibility index (Phi) is 11.1. The molecule has 2 unspecified atom stereocenters. The molecule has 0 heterocycles. The molecule has 0 saturated heterocycles. The highest BCUT2D eigenvalue weighted by molar-refractivity contribution is 7.83. The summed E-state index contributed by atoms with van der Waals surface area (Å²) in [6, 6.07) is 6.34. The summed E-state index contributed by atoms with van der Waals surface area (Å²) in [5, 5.41) is 9.02. The lowest BCUT2D eigenvalue weighted by Crippen LogP contribution is -2.26. The van der Waals surface area contributed by atoms with Crippen molar-refractivity contribution in [3.05, 3.63) is 39.9 Å². The van der Waals surface area contributed by atoms with Crippen molar-refractivity contribution in [1.29, 1.82) is 0 Å². The second kappa shape index (κ2) is 12.2. The van der Waals surface area contributed by atoms with Gasteiger partial charge in [-0.05, 0) is 38.7 Å². The molecule has 12 heteroatoms. The molecular weight excluding hydrogens is 440 g/mol. The standard InChI is InChI=1S/C17H29NO8P2S/c1-5-25-28(22,26-6-2)17(27(21,23-3)24-4)16(29)12-8-10-14-9-7-11-15(13-14)18(19)20/h7,9,11,13,16-17,29H,5-6,8,10,12H2,1-4H3. The third-order valence-electron chi connectivity index (χ3n) is 4.21. The predicted octanol–water partition coefficient (Wildman–Crippen LogP) is 5.29. The molecule has 0 saturated carbocycles. The van der Waals surface area contributed by atoms with Gasteiger partial charge in [-0.1, -0.05) is 12.1 Å². The number of hydrogen-bond acceptors (Lipinski definition) is 9. The van der Waals surface area contributed by atoms with E-state index in [1.807, 2.05) is 0 Å². The molecule has 0 aromatic heterocycles. The van der Waals surface area contributed by atoms with E-state index in [1.165, 1.54) is 26.4 Å². The molecule has 0 aliphatic carbocycles. The average Bonchev–Trinajstić information content (AvgIpc) is 2.68. The zero-order chi connectivity index (χ0) is 22.1. The van der Waals surface area contributed by atoms with E-state index in [9.17, 15) is 19.2 Å². The summed E-state index contributed by atoms with van der Waals surface area (Å²) in [6.07, 6.45) is 1.47. The lowest BCUT2D eigenvalue weighted by atomic mass is 10.1. The number of nitro groups is 1. The lowest BCUT2D eigenvalue weighted by Gasteiger charge is -2.33. The number of benzene rings is 1. The van der Waals surface area contributed by atoms with Crippen molar-refractivity contribution in [1.82, 2.24) is 0 Å². The molecule has 0 N–H and O–H groups in total. The molecule has 0 aliphatic rings. The SMILES string of the molecule is CCOP(=O)(OCC)C(C(S)CCCc1cccc([N+](=O)[O-])c1)P(=O)(OC)OC. The highest BCUT2D eigenvalue weighted by atomic mass is 32.1. The quantitative estimate of drug-likeness (QED) is 0.169. The maximum absolute atomic E-state index is 13.4. The zero-order valence-electron chi connectivity index (χ0n) is 17.1. The van der Waals surface area contributed by atoms with Crippen molar-refractivity contribution in [3.63, 3.8) is 0 Å². The summed E-state index contributed by atoms with van der Waals surface area (Å²) in [5.74, 6) is 0. The van der Waals surface area contributed by atoms with Gasteiger partial charge in [-0.2, -0.15) is 12.6 Å². The van der Waals surface area contributed by atoms with Crippen molar-refractivity contribution in [3.8, 4) is 0 Å². The Bertz CT molecular complexity index is 745. The Morgan fingerprint density at radius 2 is 1.69 bits per heavy atom. The fourth-order valence-electron chi connectivity index (χ4n) is 2.93. The first-order valence-electron chi connectivity index (χ1n) is 9.18. The first kappa shape index (κ1) is 26.3. The first-order chi connectivity index (χ1) is 13.7. The summed E-state index contributed by atoms with van der Waals surface area (Å²) in [4.78, 5) is 10.5. The van der Waals surface area contributed by atoms with E-state index in [4.69, 9.17) is 18.1 Å². The van der Waals surface area contributed by atoms with Crippen molar-refractivity contribution >= 4 is 33.5 Å². The number of thiol groups is 1. The highest BCUT2D eigenvalue weighted by Crippen LogP contribution is 2.71. The Morgan fingerprint density at radius 3 is 2.17 bits per heavy atom. The Morgan fingerprint density at radius 1 is 1.10 bits per heavy atom. The van der Waals surface area contributed by atoms with Gasteiger partial charge in [0, 0.05) is 31.6 Å². The van der Waals surface area contributed by atoms with E-state index in [1.54, 1.807) is 26.0 Å². The Balaban J connectivity index is 3.01. The van der Waals surface area contributed by atoms with E-state index in [2.05, 4.69) is 12.6 Å². The number of hydrogen-bond donors (Lipinski definition) is 1. The number of rotatable bonds is 14. The third kappa shape index (κ3) is 7.17. The van der Waals surface area contributed by atoms with Crippen molar-refractivity contribution in [2.45, 2.75) is 43.8 Å². The van der Waals surface area contributed by atoms with Gasteiger partial charge in [-0.25, -0.2) is 0 Å². The second-order valence-electron chi connectivity index (χ2n) is 6.08. The molecule has 0 fully saturated rings. The fourth-order valence-corrected chi connectivity index (χ4v) is 9.26. The fraction of sp³-hybridized carbons (Fsp3) is 0.647. The minimum atomic E-state index is -3.85. The van der Waals surface area contributed by atoms with Crippen LogP contribution in [0.5, 0.6) is 0 Å². The maximum atomic E-state index is 13.4. The van der Waals surface area contributed by atoms with Crippen molar-refractivity contribution in [2.75, 3.05) is 27.4 Å². The lowest BCUT2D eigenvalue weighted by molar-refractivity contribution is -0.384. The van der Waals surface area contributed by atoms with E-state index >= 15 is 0 Å². The van der Waals surface area contributed by atoms with Gasteiger partial charge in [0.1, 0.15) is 0 Å². The minimum absolute atomic E-state index is 0.0169. The summed E-state index contributed by atoms with van der Waals surface area (Å²) in [6.45, 7) is 3.50. The van der Waals surface area contributed by atoms with Crippen LogP contribution in [0.1, 0.15) is 32.3 Å². The van der Waals surface area contributed by atoms with E-state index in [0.29, 0.717) is 19.3 Å². The minimum Gasteiger partial charge on any atom is -0.311 e. The van der Waals surface area contributed by atoms with Gasteiger partial charge in [0.25, 0.3) is 5.69 Å². The summed E-state index contributed by atoms with van der Waals surface area (Å²) in [7, 11) is -5.27. The summed E-state index contributed by atoms with van der Waals surface area (Å²) in [5.41, 5.74) is 0.805. The van der Waals surface area contributed by atoms with Crippen molar-refractivity contribution in [2.24, 2.45) is 0 Å². The van der Waals surface area contributed by atoms with Crippen LogP contribution in [-0.2, 0) is 33.6 Å². The molecule has 0 aliphatic heterocycles. The maximum Gasteiger partial charge on any atom is 0.346 e. The second-order valence-corrected chi connectivity index (χ2v) is 11.7. The zero-order valence-corrected chi connectivity index (χ0v) is 19.7. The molecular formula is C17H29NO8P2S. The molecule has 9 nitrogen and oxygen atoms in total. The van der Waals surface area contributed by atoms with Crippen LogP contribution in [0.2, 0.25) is 0 Å². The van der Waals surface area contributed by atoms with E-state index in [0.717, 1.165) is 5.56 Å². The summed E-state index contributed by atoms with van der Waals surface area (Å²) >= 11 is 4.53. The van der Waals surface area contributed by atoms with Crippen molar-refractivity contribution < 1.29 is 32.1 Å². The topological polar surface area (TPSA) is 114 Å². The van der Waals surface area contributed by atoms with Crippen LogP contribution >= 0.6 is 27.8 Å².